The van der Waals surface area contributed by atoms with Crippen molar-refractivity contribution in [1.29, 1.82) is 0 Å². The second-order valence-corrected chi connectivity index (χ2v) is 2.99. The second kappa shape index (κ2) is 7.36. The zero-order chi connectivity index (χ0) is 11.0. The number of carbonyl (C=O) groups excluding carboxylic acids is 1. The number of nitrogens with one attached hydrogen (secondary N) is 1. The Hall–Kier alpha value is -1.05. The first kappa shape index (κ1) is 12.9. The molecule has 4 heteroatoms. The predicted molar refractivity (Wildman–Crippen MR) is 55.5 cm³/mol. The predicted octanol–water partition coefficient (Wildman–Crippen LogP) is -0.122. The van der Waals surface area contributed by atoms with Crippen molar-refractivity contribution in [2.24, 2.45) is 5.73 Å². The molecule has 80 valence electrons. The lowest BCUT2D eigenvalue weighted by atomic mass is 10.1. The zero-order valence-electron chi connectivity index (χ0n) is 8.75. The van der Waals surface area contributed by atoms with Gasteiger partial charge in [-0.3, -0.25) is 10.1 Å². The fourth-order valence-corrected chi connectivity index (χ4v) is 1.12. The van der Waals surface area contributed by atoms with E-state index in [4.69, 9.17) is 12.2 Å². The Bertz CT molecular complexity index is 211. The minimum Gasteiger partial charge on any atom is -0.468 e. The third-order valence-corrected chi connectivity index (χ3v) is 1.90. The minimum absolute atomic E-state index is 0.118. The molecule has 14 heavy (non-hydrogen) atoms. The molecule has 0 spiro atoms. The van der Waals surface area contributed by atoms with E-state index in [0.717, 1.165) is 12.8 Å². The SMILES string of the molecule is C#CC(CCC)NC(CN)C(=O)OC. The third kappa shape index (κ3) is 4.26. The van der Waals surface area contributed by atoms with E-state index >= 15 is 0 Å². The molecule has 0 aliphatic carbocycles. The van der Waals surface area contributed by atoms with Crippen molar-refractivity contribution in [2.45, 2.75) is 31.8 Å². The summed E-state index contributed by atoms with van der Waals surface area (Å²) in [4.78, 5) is 11.2. The van der Waals surface area contributed by atoms with Gasteiger partial charge in [0.2, 0.25) is 0 Å². The highest BCUT2D eigenvalue weighted by molar-refractivity contribution is 5.76. The highest BCUT2D eigenvalue weighted by Gasteiger charge is 2.19. The lowest BCUT2D eigenvalue weighted by molar-refractivity contribution is -0.142. The minimum atomic E-state index is -0.507. The summed E-state index contributed by atoms with van der Waals surface area (Å²) in [6, 6.07) is -0.625. The van der Waals surface area contributed by atoms with Crippen LogP contribution in [0.5, 0.6) is 0 Å². The van der Waals surface area contributed by atoms with Crippen LogP contribution in [0.15, 0.2) is 0 Å². The van der Waals surface area contributed by atoms with E-state index in [9.17, 15) is 4.79 Å². The van der Waals surface area contributed by atoms with Crippen molar-refractivity contribution in [2.75, 3.05) is 13.7 Å². The van der Waals surface area contributed by atoms with Crippen molar-refractivity contribution in [3.05, 3.63) is 0 Å². The molecule has 4 nitrogen and oxygen atoms in total. The molecule has 0 aliphatic heterocycles. The van der Waals surface area contributed by atoms with E-state index in [-0.39, 0.29) is 18.6 Å². The summed E-state index contributed by atoms with van der Waals surface area (Å²) in [6.07, 6.45) is 7.08. The fourth-order valence-electron chi connectivity index (χ4n) is 1.12. The highest BCUT2D eigenvalue weighted by atomic mass is 16.5. The van der Waals surface area contributed by atoms with Crippen LogP contribution in [0, 0.1) is 12.3 Å². The molecule has 0 saturated heterocycles. The summed E-state index contributed by atoms with van der Waals surface area (Å²) in [5.74, 6) is 2.20. The first-order chi connectivity index (χ1) is 6.69. The number of hydrogen-bond donors (Lipinski definition) is 2. The molecule has 0 radical (unpaired) electrons. The zero-order valence-corrected chi connectivity index (χ0v) is 8.75. The van der Waals surface area contributed by atoms with Gasteiger partial charge >= 0.3 is 5.97 Å². The quantitative estimate of drug-likeness (QED) is 0.461. The summed E-state index contributed by atoms with van der Waals surface area (Å²) >= 11 is 0. The van der Waals surface area contributed by atoms with Crippen LogP contribution in [0.3, 0.4) is 0 Å². The first-order valence-corrected chi connectivity index (χ1v) is 4.69. The number of terminal acetylenes is 1. The molecule has 0 bridgehead atoms. The molecule has 0 amide bonds. The molecular formula is C10H18N2O2. The molecule has 0 heterocycles. The van der Waals surface area contributed by atoms with Gasteiger partial charge in [0.1, 0.15) is 6.04 Å². The normalized spacial score (nSPS) is 14.1. The van der Waals surface area contributed by atoms with Gasteiger partial charge in [-0.15, -0.1) is 6.42 Å². The fraction of sp³-hybridized carbons (Fsp3) is 0.700. The molecule has 2 atom stereocenters. The van der Waals surface area contributed by atoms with Gasteiger partial charge in [0.25, 0.3) is 0 Å². The van der Waals surface area contributed by atoms with Crippen LogP contribution in [-0.2, 0) is 9.53 Å². The first-order valence-electron chi connectivity index (χ1n) is 4.69. The molecule has 0 aromatic rings. The van der Waals surface area contributed by atoms with Crippen molar-refractivity contribution in [3.8, 4) is 12.3 Å². The highest BCUT2D eigenvalue weighted by Crippen LogP contribution is 1.97. The molecule has 0 aliphatic rings. The number of carbonyl (C=O) groups is 1. The largest absolute Gasteiger partial charge is 0.468 e. The Morgan fingerprint density at radius 3 is 2.71 bits per heavy atom. The lowest BCUT2D eigenvalue weighted by Gasteiger charge is -2.18. The Balaban J connectivity index is 4.15. The number of nitrogens with two attached hydrogens (primary N) is 1. The standard InChI is InChI=1S/C10H18N2O2/c1-4-6-8(5-2)12-9(7-11)10(13)14-3/h2,8-9,12H,4,6-7,11H2,1,3H3. The molecule has 0 saturated carbocycles. The molecule has 3 N–H and O–H groups in total. The average Bonchev–Trinajstić information content (AvgIpc) is 2.23. The number of methoxy groups -OCH3 is 1. The van der Waals surface area contributed by atoms with E-state index in [1.807, 2.05) is 6.92 Å². The van der Waals surface area contributed by atoms with Gasteiger partial charge in [-0.05, 0) is 6.42 Å². The number of esters is 1. The van der Waals surface area contributed by atoms with Crippen molar-refractivity contribution < 1.29 is 9.53 Å². The molecule has 0 aromatic carbocycles. The Morgan fingerprint density at radius 1 is 1.71 bits per heavy atom. The van der Waals surface area contributed by atoms with Crippen molar-refractivity contribution >= 4 is 5.97 Å². The smallest absolute Gasteiger partial charge is 0.324 e. The number of ether oxygens (including phenoxy) is 1. The topological polar surface area (TPSA) is 64.3 Å². The summed E-state index contributed by atoms with van der Waals surface area (Å²) in [6.45, 7) is 2.22. The number of hydrogen-bond acceptors (Lipinski definition) is 4. The maximum Gasteiger partial charge on any atom is 0.324 e. The monoisotopic (exact) mass is 198 g/mol. The molecule has 0 fully saturated rings. The summed E-state index contributed by atoms with van der Waals surface area (Å²) in [5.41, 5.74) is 5.42. The second-order valence-electron chi connectivity index (χ2n) is 2.99. The van der Waals surface area contributed by atoms with E-state index in [2.05, 4.69) is 16.0 Å². The van der Waals surface area contributed by atoms with Gasteiger partial charge in [-0.1, -0.05) is 19.3 Å². The van der Waals surface area contributed by atoms with Crippen LogP contribution in [-0.4, -0.2) is 31.7 Å². The maximum absolute atomic E-state index is 11.2. The summed E-state index contributed by atoms with van der Waals surface area (Å²) in [7, 11) is 1.33. The maximum atomic E-state index is 11.2. The Morgan fingerprint density at radius 2 is 2.36 bits per heavy atom. The van der Waals surface area contributed by atoms with Gasteiger partial charge in [-0.2, -0.15) is 0 Å². The van der Waals surface area contributed by atoms with Crippen LogP contribution in [0.4, 0.5) is 0 Å². The summed E-state index contributed by atoms with van der Waals surface area (Å²) in [5, 5.41) is 2.97. The van der Waals surface area contributed by atoms with Gasteiger partial charge < -0.3 is 10.5 Å². The van der Waals surface area contributed by atoms with Crippen molar-refractivity contribution in [3.63, 3.8) is 0 Å². The Labute approximate surface area is 85.2 Å². The van der Waals surface area contributed by atoms with E-state index in [0.29, 0.717) is 0 Å². The van der Waals surface area contributed by atoms with Crippen molar-refractivity contribution in [1.82, 2.24) is 5.32 Å². The van der Waals surface area contributed by atoms with Crippen LogP contribution in [0.25, 0.3) is 0 Å². The van der Waals surface area contributed by atoms with Gasteiger partial charge in [0, 0.05) is 6.54 Å². The van der Waals surface area contributed by atoms with Gasteiger partial charge in [0.05, 0.1) is 13.2 Å². The lowest BCUT2D eigenvalue weighted by Crippen LogP contribution is -2.47. The van der Waals surface area contributed by atoms with Crippen LogP contribution in [0.2, 0.25) is 0 Å². The van der Waals surface area contributed by atoms with Crippen LogP contribution in [0.1, 0.15) is 19.8 Å². The van der Waals surface area contributed by atoms with Gasteiger partial charge in [0.15, 0.2) is 0 Å². The van der Waals surface area contributed by atoms with E-state index in [1.54, 1.807) is 0 Å². The summed E-state index contributed by atoms with van der Waals surface area (Å²) < 4.78 is 4.58. The molecule has 0 rings (SSSR count). The Kier molecular flexibility index (Phi) is 6.81. The van der Waals surface area contributed by atoms with E-state index < -0.39 is 6.04 Å². The molecule has 0 aromatic heterocycles. The van der Waals surface area contributed by atoms with Crippen LogP contribution < -0.4 is 11.1 Å². The van der Waals surface area contributed by atoms with E-state index in [1.165, 1.54) is 7.11 Å². The third-order valence-electron chi connectivity index (χ3n) is 1.90. The van der Waals surface area contributed by atoms with Crippen LogP contribution >= 0.6 is 0 Å². The molecule has 2 unspecified atom stereocenters. The van der Waals surface area contributed by atoms with Gasteiger partial charge in [-0.25, -0.2) is 0 Å². The average molecular weight is 198 g/mol. The molecular weight excluding hydrogens is 180 g/mol. The number of rotatable bonds is 6.